The minimum Gasteiger partial charge on any atom is -0.206 e. The zero-order chi connectivity index (χ0) is 17.6. The van der Waals surface area contributed by atoms with Crippen LogP contribution in [0.5, 0.6) is 0 Å². The van der Waals surface area contributed by atoms with Gasteiger partial charge in [-0.15, -0.1) is 0 Å². The van der Waals surface area contributed by atoms with Crippen LogP contribution in [0.25, 0.3) is 10.8 Å². The number of halogens is 3. The molecule has 0 radical (unpaired) electrons. The van der Waals surface area contributed by atoms with Crippen LogP contribution < -0.4 is 0 Å². The quantitative estimate of drug-likeness (QED) is 0.529. The van der Waals surface area contributed by atoms with Gasteiger partial charge in [-0.2, -0.15) is 0 Å². The Kier molecular flexibility index (Phi) is 4.03. The molecule has 0 heterocycles. The molecule has 0 fully saturated rings. The van der Waals surface area contributed by atoms with E-state index in [0.29, 0.717) is 23.8 Å². The summed E-state index contributed by atoms with van der Waals surface area (Å²) in [4.78, 5) is 0. The SMILES string of the molecule is CCc1ccc2c(F)c(C3CCc4cc(F)c(F)cc4C3)ccc2c1. The summed E-state index contributed by atoms with van der Waals surface area (Å²) in [5, 5.41) is 1.54. The molecule has 0 N–H and O–H groups in total. The average Bonchev–Trinajstić information content (AvgIpc) is 2.62. The van der Waals surface area contributed by atoms with Gasteiger partial charge in [0.25, 0.3) is 0 Å². The summed E-state index contributed by atoms with van der Waals surface area (Å²) in [6.07, 6.45) is 2.85. The van der Waals surface area contributed by atoms with E-state index in [1.54, 1.807) is 0 Å². The van der Waals surface area contributed by atoms with Crippen LogP contribution in [-0.2, 0) is 19.3 Å². The van der Waals surface area contributed by atoms with Gasteiger partial charge in [0.15, 0.2) is 11.6 Å². The van der Waals surface area contributed by atoms with Gasteiger partial charge in [0.1, 0.15) is 5.82 Å². The summed E-state index contributed by atoms with van der Waals surface area (Å²) in [5.74, 6) is -1.82. The summed E-state index contributed by atoms with van der Waals surface area (Å²) in [5.41, 5.74) is 3.48. The summed E-state index contributed by atoms with van der Waals surface area (Å²) in [6, 6.07) is 12.2. The third kappa shape index (κ3) is 2.82. The molecule has 0 nitrogen and oxygen atoms in total. The molecular weight excluding hydrogens is 321 g/mol. The Morgan fingerprint density at radius 2 is 1.68 bits per heavy atom. The van der Waals surface area contributed by atoms with Gasteiger partial charge in [0, 0.05) is 5.39 Å². The molecule has 0 spiro atoms. The first kappa shape index (κ1) is 16.2. The Morgan fingerprint density at radius 1 is 0.920 bits per heavy atom. The maximum atomic E-state index is 15.1. The van der Waals surface area contributed by atoms with E-state index < -0.39 is 11.6 Å². The summed E-state index contributed by atoms with van der Waals surface area (Å²) < 4.78 is 42.0. The predicted molar refractivity (Wildman–Crippen MR) is 94.4 cm³/mol. The lowest BCUT2D eigenvalue weighted by molar-refractivity contribution is 0.493. The Labute approximate surface area is 145 Å². The molecule has 0 saturated carbocycles. The first-order valence-electron chi connectivity index (χ1n) is 8.74. The lowest BCUT2D eigenvalue weighted by Gasteiger charge is -2.26. The summed E-state index contributed by atoms with van der Waals surface area (Å²) in [7, 11) is 0. The second-order valence-corrected chi connectivity index (χ2v) is 6.85. The first-order chi connectivity index (χ1) is 12.1. The van der Waals surface area contributed by atoms with E-state index in [1.807, 2.05) is 30.3 Å². The van der Waals surface area contributed by atoms with Crippen LogP contribution in [0.3, 0.4) is 0 Å². The van der Waals surface area contributed by atoms with Crippen LogP contribution in [-0.4, -0.2) is 0 Å². The van der Waals surface area contributed by atoms with Gasteiger partial charge in [-0.05, 0) is 71.4 Å². The van der Waals surface area contributed by atoms with Crippen molar-refractivity contribution in [2.45, 2.75) is 38.5 Å². The van der Waals surface area contributed by atoms with E-state index in [4.69, 9.17) is 0 Å². The van der Waals surface area contributed by atoms with Crippen molar-refractivity contribution in [1.82, 2.24) is 0 Å². The highest BCUT2D eigenvalue weighted by molar-refractivity contribution is 5.84. The molecule has 0 aromatic heterocycles. The molecule has 0 saturated heterocycles. The molecule has 3 heteroatoms. The lowest BCUT2D eigenvalue weighted by atomic mass is 9.79. The first-order valence-corrected chi connectivity index (χ1v) is 8.74. The van der Waals surface area contributed by atoms with Crippen molar-refractivity contribution in [2.75, 3.05) is 0 Å². The molecule has 1 unspecified atom stereocenters. The fourth-order valence-corrected chi connectivity index (χ4v) is 3.91. The Balaban J connectivity index is 1.72. The minimum atomic E-state index is -0.828. The van der Waals surface area contributed by atoms with Crippen LogP contribution in [0.2, 0.25) is 0 Å². The predicted octanol–water partition coefficient (Wildman–Crippen LogP) is 6.09. The van der Waals surface area contributed by atoms with Crippen molar-refractivity contribution in [1.29, 1.82) is 0 Å². The van der Waals surface area contributed by atoms with Crippen LogP contribution in [0.4, 0.5) is 13.2 Å². The van der Waals surface area contributed by atoms with Crippen molar-refractivity contribution in [3.8, 4) is 0 Å². The van der Waals surface area contributed by atoms with Gasteiger partial charge in [-0.1, -0.05) is 37.3 Å². The number of benzene rings is 3. The van der Waals surface area contributed by atoms with Gasteiger partial charge in [-0.25, -0.2) is 13.2 Å². The second kappa shape index (κ2) is 6.21. The van der Waals surface area contributed by atoms with Crippen LogP contribution >= 0.6 is 0 Å². The van der Waals surface area contributed by atoms with Gasteiger partial charge in [-0.3, -0.25) is 0 Å². The van der Waals surface area contributed by atoms with E-state index in [0.717, 1.165) is 29.4 Å². The zero-order valence-electron chi connectivity index (χ0n) is 14.1. The molecule has 1 atom stereocenters. The number of fused-ring (bicyclic) bond motifs is 2. The van der Waals surface area contributed by atoms with Crippen LogP contribution in [0.1, 0.15) is 41.5 Å². The van der Waals surface area contributed by atoms with E-state index in [9.17, 15) is 8.78 Å². The van der Waals surface area contributed by atoms with Gasteiger partial charge < -0.3 is 0 Å². The van der Waals surface area contributed by atoms with Gasteiger partial charge in [0.05, 0.1) is 0 Å². The highest BCUT2D eigenvalue weighted by atomic mass is 19.2. The maximum absolute atomic E-state index is 15.1. The monoisotopic (exact) mass is 340 g/mol. The maximum Gasteiger partial charge on any atom is 0.159 e. The van der Waals surface area contributed by atoms with Crippen molar-refractivity contribution < 1.29 is 13.2 Å². The topological polar surface area (TPSA) is 0 Å². The second-order valence-electron chi connectivity index (χ2n) is 6.85. The standard InChI is InChI=1S/C22H19F3/c1-2-13-3-7-18-15(9-13)6-8-19(22(18)25)16-5-4-14-11-20(23)21(24)12-17(14)10-16/h3,6-9,11-12,16H,2,4-5,10H2,1H3. The van der Waals surface area contributed by atoms with Crippen LogP contribution in [0, 0.1) is 17.5 Å². The third-order valence-corrected chi connectivity index (χ3v) is 5.37. The largest absolute Gasteiger partial charge is 0.206 e. The molecule has 3 aromatic rings. The van der Waals surface area contributed by atoms with Gasteiger partial charge in [0.2, 0.25) is 0 Å². The fraction of sp³-hybridized carbons (Fsp3) is 0.273. The van der Waals surface area contributed by atoms with E-state index >= 15 is 4.39 Å². The number of rotatable bonds is 2. The van der Waals surface area contributed by atoms with Crippen LogP contribution in [0.15, 0.2) is 42.5 Å². The number of aryl methyl sites for hydroxylation is 2. The highest BCUT2D eigenvalue weighted by Crippen LogP contribution is 2.36. The minimum absolute atomic E-state index is 0.00684. The summed E-state index contributed by atoms with van der Waals surface area (Å²) in [6.45, 7) is 2.08. The molecule has 4 rings (SSSR count). The highest BCUT2D eigenvalue weighted by Gasteiger charge is 2.24. The van der Waals surface area contributed by atoms with E-state index in [1.165, 1.54) is 17.7 Å². The molecule has 3 aromatic carbocycles. The molecule has 0 amide bonds. The molecule has 1 aliphatic carbocycles. The lowest BCUT2D eigenvalue weighted by Crippen LogP contribution is -2.15. The molecule has 1 aliphatic rings. The summed E-state index contributed by atoms with van der Waals surface area (Å²) >= 11 is 0. The van der Waals surface area contributed by atoms with Crippen molar-refractivity contribution in [2.24, 2.45) is 0 Å². The molecule has 128 valence electrons. The number of hydrogen-bond donors (Lipinski definition) is 0. The average molecular weight is 340 g/mol. The molecule has 0 bridgehead atoms. The Morgan fingerprint density at radius 3 is 2.44 bits per heavy atom. The smallest absolute Gasteiger partial charge is 0.159 e. The Bertz CT molecular complexity index is 959. The molecule has 25 heavy (non-hydrogen) atoms. The van der Waals surface area contributed by atoms with Crippen molar-refractivity contribution >= 4 is 10.8 Å². The fourth-order valence-electron chi connectivity index (χ4n) is 3.91. The van der Waals surface area contributed by atoms with Crippen molar-refractivity contribution in [3.63, 3.8) is 0 Å². The van der Waals surface area contributed by atoms with E-state index in [2.05, 4.69) is 6.92 Å². The molecule has 0 aliphatic heterocycles. The van der Waals surface area contributed by atoms with Gasteiger partial charge >= 0.3 is 0 Å². The number of hydrogen-bond acceptors (Lipinski definition) is 0. The van der Waals surface area contributed by atoms with Crippen molar-refractivity contribution in [3.05, 3.63) is 82.2 Å². The third-order valence-electron chi connectivity index (χ3n) is 5.37. The Hall–Kier alpha value is -2.29. The van der Waals surface area contributed by atoms with E-state index in [-0.39, 0.29) is 11.7 Å². The normalized spacial score (nSPS) is 16.9. The molecular formula is C22H19F3. The zero-order valence-corrected chi connectivity index (χ0v) is 14.1.